The van der Waals surface area contributed by atoms with Crippen LogP contribution in [0.2, 0.25) is 0 Å². The Hall–Kier alpha value is -1.46. The van der Waals surface area contributed by atoms with E-state index >= 15 is 0 Å². The Bertz CT molecular complexity index is 508. The molecule has 21 heavy (non-hydrogen) atoms. The Morgan fingerprint density at radius 1 is 1.24 bits per heavy atom. The Balaban J connectivity index is 1.99. The van der Waals surface area contributed by atoms with Crippen molar-refractivity contribution in [1.29, 1.82) is 0 Å². The lowest BCUT2D eigenvalue weighted by molar-refractivity contribution is 0.150. The first-order chi connectivity index (χ1) is 10.3. The number of rotatable bonds is 8. The van der Waals surface area contributed by atoms with E-state index in [0.717, 1.165) is 25.2 Å². The van der Waals surface area contributed by atoms with Gasteiger partial charge in [0.05, 0.1) is 13.2 Å². The molecule has 1 aromatic rings. The largest absolute Gasteiger partial charge is 0.493 e. The molecule has 114 valence electrons. The van der Waals surface area contributed by atoms with Crippen molar-refractivity contribution in [3.8, 4) is 17.6 Å². The Labute approximate surface area is 128 Å². The molecule has 1 aromatic carbocycles. The molecular formula is C19H26O2. The fraction of sp³-hybridized carbons (Fsp3) is 0.579. The quantitative estimate of drug-likeness (QED) is 0.524. The van der Waals surface area contributed by atoms with Crippen molar-refractivity contribution in [2.45, 2.75) is 59.0 Å². The van der Waals surface area contributed by atoms with Gasteiger partial charge in [-0.3, -0.25) is 0 Å². The highest BCUT2D eigenvalue weighted by Crippen LogP contribution is 2.32. The van der Waals surface area contributed by atoms with E-state index in [1.54, 1.807) is 0 Å². The van der Waals surface area contributed by atoms with E-state index in [9.17, 15) is 0 Å². The monoisotopic (exact) mass is 286 g/mol. The molecular weight excluding hydrogens is 260 g/mol. The maximum atomic E-state index is 5.77. The molecule has 0 unspecified atom stereocenters. The van der Waals surface area contributed by atoms with Crippen LogP contribution in [0.5, 0.6) is 5.75 Å². The summed E-state index contributed by atoms with van der Waals surface area (Å²) in [7, 11) is 0. The summed E-state index contributed by atoms with van der Waals surface area (Å²) in [6.07, 6.45) is 7.40. The fourth-order valence-corrected chi connectivity index (χ4v) is 2.75. The van der Waals surface area contributed by atoms with Gasteiger partial charge in [-0.25, -0.2) is 0 Å². The van der Waals surface area contributed by atoms with E-state index in [0.29, 0.717) is 13.2 Å². The summed E-state index contributed by atoms with van der Waals surface area (Å²) in [6.45, 7) is 5.98. The van der Waals surface area contributed by atoms with Crippen molar-refractivity contribution in [2.24, 2.45) is 0 Å². The van der Waals surface area contributed by atoms with Crippen molar-refractivity contribution in [2.75, 3.05) is 13.2 Å². The standard InChI is InChI=1S/C19H26O2/c1-3-5-7-8-9-16-13-17-10-12-21-19(17)18(14-16)15-20-11-6-4-2/h13-14H,3,5,7-12,15H2,1-2H3. The number of ether oxygens (including phenoxy) is 2. The number of hydrogen-bond donors (Lipinski definition) is 0. The molecule has 0 fully saturated rings. The molecule has 2 rings (SSSR count). The minimum absolute atomic E-state index is 0.492. The molecule has 2 nitrogen and oxygen atoms in total. The van der Waals surface area contributed by atoms with Gasteiger partial charge in [-0.15, -0.1) is 5.92 Å². The molecule has 1 heterocycles. The normalized spacial score (nSPS) is 12.5. The third-order valence-electron chi connectivity index (χ3n) is 3.85. The van der Waals surface area contributed by atoms with Crippen molar-refractivity contribution >= 4 is 0 Å². The van der Waals surface area contributed by atoms with Gasteiger partial charge in [-0.05, 0) is 37.0 Å². The van der Waals surface area contributed by atoms with Crippen LogP contribution in [0.25, 0.3) is 0 Å². The van der Waals surface area contributed by atoms with Gasteiger partial charge in [-0.1, -0.05) is 38.2 Å². The van der Waals surface area contributed by atoms with Crippen LogP contribution in [0.1, 0.15) is 56.2 Å². The first-order valence-electron chi connectivity index (χ1n) is 8.10. The highest BCUT2D eigenvalue weighted by Gasteiger charge is 2.17. The van der Waals surface area contributed by atoms with Gasteiger partial charge in [0.1, 0.15) is 12.4 Å². The highest BCUT2D eigenvalue weighted by atomic mass is 16.5. The minimum Gasteiger partial charge on any atom is -0.493 e. The van der Waals surface area contributed by atoms with Crippen molar-refractivity contribution in [3.63, 3.8) is 0 Å². The molecule has 0 N–H and O–H groups in total. The smallest absolute Gasteiger partial charge is 0.128 e. The molecule has 0 aliphatic carbocycles. The van der Waals surface area contributed by atoms with E-state index in [1.165, 1.54) is 42.4 Å². The average molecular weight is 286 g/mol. The SMILES string of the molecule is CC#CCOCc1cc(CCCCCC)cc2c1OCC2. The van der Waals surface area contributed by atoms with Gasteiger partial charge in [0.2, 0.25) is 0 Å². The van der Waals surface area contributed by atoms with Crippen LogP contribution in [0, 0.1) is 11.8 Å². The van der Waals surface area contributed by atoms with Crippen LogP contribution in [0.3, 0.4) is 0 Å². The maximum Gasteiger partial charge on any atom is 0.128 e. The molecule has 0 spiro atoms. The molecule has 0 atom stereocenters. The molecule has 1 aliphatic heterocycles. The minimum atomic E-state index is 0.492. The topological polar surface area (TPSA) is 18.5 Å². The summed E-state index contributed by atoms with van der Waals surface area (Å²) in [4.78, 5) is 0. The molecule has 1 aliphatic rings. The Kier molecular flexibility index (Phi) is 6.63. The zero-order valence-corrected chi connectivity index (χ0v) is 13.3. The predicted octanol–water partition coefficient (Wildman–Crippen LogP) is 4.28. The van der Waals surface area contributed by atoms with Crippen LogP contribution < -0.4 is 4.74 Å². The lowest BCUT2D eigenvalue weighted by Crippen LogP contribution is -1.99. The van der Waals surface area contributed by atoms with Crippen LogP contribution in [0.15, 0.2) is 12.1 Å². The van der Waals surface area contributed by atoms with E-state index in [-0.39, 0.29) is 0 Å². The Morgan fingerprint density at radius 3 is 2.95 bits per heavy atom. The summed E-state index contributed by atoms with van der Waals surface area (Å²) in [5, 5.41) is 0. The third-order valence-corrected chi connectivity index (χ3v) is 3.85. The summed E-state index contributed by atoms with van der Waals surface area (Å²) in [6, 6.07) is 4.58. The van der Waals surface area contributed by atoms with Gasteiger partial charge in [0.15, 0.2) is 0 Å². The van der Waals surface area contributed by atoms with Gasteiger partial charge < -0.3 is 9.47 Å². The molecule has 0 amide bonds. The number of fused-ring (bicyclic) bond motifs is 1. The van der Waals surface area contributed by atoms with Crippen LogP contribution in [0.4, 0.5) is 0 Å². The second kappa shape index (κ2) is 8.74. The second-order valence-electron chi connectivity index (χ2n) is 5.57. The zero-order chi connectivity index (χ0) is 14.9. The van der Waals surface area contributed by atoms with Crippen molar-refractivity contribution in [1.82, 2.24) is 0 Å². The molecule has 0 aromatic heterocycles. The van der Waals surface area contributed by atoms with E-state index in [2.05, 4.69) is 30.9 Å². The van der Waals surface area contributed by atoms with Crippen LogP contribution >= 0.6 is 0 Å². The molecule has 2 heteroatoms. The summed E-state index contributed by atoms with van der Waals surface area (Å²) in [5.74, 6) is 6.84. The summed E-state index contributed by atoms with van der Waals surface area (Å²) in [5.41, 5.74) is 3.96. The summed E-state index contributed by atoms with van der Waals surface area (Å²) >= 11 is 0. The maximum absolute atomic E-state index is 5.77. The number of aryl methyl sites for hydroxylation is 1. The lowest BCUT2D eigenvalue weighted by Gasteiger charge is -2.11. The van der Waals surface area contributed by atoms with E-state index < -0.39 is 0 Å². The number of unbranched alkanes of at least 4 members (excludes halogenated alkanes) is 3. The predicted molar refractivity (Wildman–Crippen MR) is 86.6 cm³/mol. The van der Waals surface area contributed by atoms with Gasteiger partial charge in [0.25, 0.3) is 0 Å². The average Bonchev–Trinajstić information content (AvgIpc) is 2.96. The molecule has 0 saturated heterocycles. The Morgan fingerprint density at radius 2 is 2.14 bits per heavy atom. The molecule has 0 saturated carbocycles. The zero-order valence-electron chi connectivity index (χ0n) is 13.3. The van der Waals surface area contributed by atoms with Crippen molar-refractivity contribution in [3.05, 3.63) is 28.8 Å². The second-order valence-corrected chi connectivity index (χ2v) is 5.57. The first-order valence-corrected chi connectivity index (χ1v) is 8.10. The molecule has 0 bridgehead atoms. The van der Waals surface area contributed by atoms with E-state index in [1.807, 2.05) is 6.92 Å². The van der Waals surface area contributed by atoms with Gasteiger partial charge >= 0.3 is 0 Å². The molecule has 0 radical (unpaired) electrons. The van der Waals surface area contributed by atoms with E-state index in [4.69, 9.17) is 9.47 Å². The van der Waals surface area contributed by atoms with Crippen LogP contribution in [-0.2, 0) is 24.2 Å². The summed E-state index contributed by atoms with van der Waals surface area (Å²) < 4.78 is 11.4. The fourth-order valence-electron chi connectivity index (χ4n) is 2.75. The lowest BCUT2D eigenvalue weighted by atomic mass is 9.99. The van der Waals surface area contributed by atoms with Crippen LogP contribution in [-0.4, -0.2) is 13.2 Å². The van der Waals surface area contributed by atoms with Gasteiger partial charge in [0, 0.05) is 12.0 Å². The first kappa shape index (κ1) is 15.9. The van der Waals surface area contributed by atoms with Crippen molar-refractivity contribution < 1.29 is 9.47 Å². The van der Waals surface area contributed by atoms with Gasteiger partial charge in [-0.2, -0.15) is 0 Å². The third kappa shape index (κ3) is 4.79. The number of benzene rings is 1. The number of hydrogen-bond acceptors (Lipinski definition) is 2. The highest BCUT2D eigenvalue weighted by molar-refractivity contribution is 5.46.